The topological polar surface area (TPSA) is 97.6 Å². The zero-order valence-corrected chi connectivity index (χ0v) is 15.4. The van der Waals surface area contributed by atoms with E-state index < -0.39 is 11.7 Å². The normalized spacial score (nSPS) is 10.6. The number of halogens is 1. The van der Waals surface area contributed by atoms with Crippen molar-refractivity contribution in [2.45, 2.75) is 6.92 Å². The Hall–Kier alpha value is -4.14. The summed E-state index contributed by atoms with van der Waals surface area (Å²) < 4.78 is 15.1. The van der Waals surface area contributed by atoms with E-state index in [2.05, 4.69) is 30.6 Å². The van der Waals surface area contributed by atoms with Gasteiger partial charge in [0.2, 0.25) is 0 Å². The summed E-state index contributed by atoms with van der Waals surface area (Å²) in [6.45, 7) is 1.89. The molecule has 0 fully saturated rings. The van der Waals surface area contributed by atoms with Gasteiger partial charge in [0.05, 0.1) is 11.8 Å². The number of benzene rings is 1. The summed E-state index contributed by atoms with van der Waals surface area (Å²) in [7, 11) is 0. The maximum Gasteiger partial charge on any atom is 0.257 e. The molecule has 0 bridgehead atoms. The van der Waals surface area contributed by atoms with Crippen molar-refractivity contribution in [1.82, 2.24) is 24.5 Å². The van der Waals surface area contributed by atoms with Crippen molar-refractivity contribution in [3.63, 3.8) is 0 Å². The first kappa shape index (κ1) is 18.2. The minimum Gasteiger partial charge on any atom is -0.340 e. The number of nitrogens with zero attached hydrogens (tertiary/aromatic N) is 5. The van der Waals surface area contributed by atoms with Gasteiger partial charge in [0.1, 0.15) is 29.6 Å². The van der Waals surface area contributed by atoms with Gasteiger partial charge in [0.25, 0.3) is 5.91 Å². The molecule has 9 heteroatoms. The van der Waals surface area contributed by atoms with Crippen LogP contribution in [-0.4, -0.2) is 30.4 Å². The van der Waals surface area contributed by atoms with Crippen LogP contribution in [0.3, 0.4) is 0 Å². The largest absolute Gasteiger partial charge is 0.340 e. The van der Waals surface area contributed by atoms with Crippen LogP contribution in [0.15, 0.2) is 67.5 Å². The van der Waals surface area contributed by atoms with Crippen LogP contribution in [-0.2, 0) is 0 Å². The molecule has 3 heterocycles. The minimum absolute atomic E-state index is 0.149. The molecule has 4 aromatic rings. The summed E-state index contributed by atoms with van der Waals surface area (Å²) >= 11 is 0. The lowest BCUT2D eigenvalue weighted by atomic mass is 10.2. The van der Waals surface area contributed by atoms with Crippen LogP contribution in [0, 0.1) is 12.7 Å². The van der Waals surface area contributed by atoms with Crippen molar-refractivity contribution in [3.05, 3.63) is 84.7 Å². The first-order chi connectivity index (χ1) is 14.1. The smallest absolute Gasteiger partial charge is 0.257 e. The van der Waals surface area contributed by atoms with Crippen LogP contribution in [0.4, 0.5) is 21.6 Å². The first-order valence-electron chi connectivity index (χ1n) is 8.70. The number of aromatic nitrogens is 5. The van der Waals surface area contributed by atoms with Gasteiger partial charge < -0.3 is 10.6 Å². The fraction of sp³-hybridized carbons (Fsp3) is 0.0500. The molecule has 1 aromatic carbocycles. The van der Waals surface area contributed by atoms with Crippen molar-refractivity contribution in [1.29, 1.82) is 0 Å². The summed E-state index contributed by atoms with van der Waals surface area (Å²) in [6, 6.07) is 9.99. The summed E-state index contributed by atoms with van der Waals surface area (Å²) in [6.07, 6.45) is 7.36. The first-order valence-corrected chi connectivity index (χ1v) is 8.70. The predicted molar refractivity (Wildman–Crippen MR) is 106 cm³/mol. The number of aryl methyl sites for hydroxylation is 1. The standard InChI is InChI=1S/C20H16FN7O/c1-13-23-6-7-28(13)19-9-18(24-12-25-19)26-16-2-4-17(5-3-16)27-20(29)14-8-15(21)11-22-10-14/h2-12H,1H3,(H,27,29)(H,24,25,26). The Balaban J connectivity index is 1.45. The highest BCUT2D eigenvalue weighted by molar-refractivity contribution is 6.04. The van der Waals surface area contributed by atoms with Crippen molar-refractivity contribution < 1.29 is 9.18 Å². The van der Waals surface area contributed by atoms with E-state index in [0.29, 0.717) is 17.3 Å². The maximum absolute atomic E-state index is 13.2. The monoisotopic (exact) mass is 389 g/mol. The van der Waals surface area contributed by atoms with Gasteiger partial charge >= 0.3 is 0 Å². The SMILES string of the molecule is Cc1nccn1-c1cc(Nc2ccc(NC(=O)c3cncc(F)c3)cc2)ncn1. The number of anilines is 3. The quantitative estimate of drug-likeness (QED) is 0.542. The fourth-order valence-corrected chi connectivity index (χ4v) is 2.69. The van der Waals surface area contributed by atoms with Crippen molar-refractivity contribution in [2.75, 3.05) is 10.6 Å². The molecular formula is C20H16FN7O. The number of imidazole rings is 1. The lowest BCUT2D eigenvalue weighted by Gasteiger charge is -2.10. The molecule has 144 valence electrons. The molecule has 0 aliphatic carbocycles. The Bertz CT molecular complexity index is 1160. The molecule has 0 saturated carbocycles. The third-order valence-corrected chi connectivity index (χ3v) is 4.11. The van der Waals surface area contributed by atoms with E-state index in [1.54, 1.807) is 36.5 Å². The molecule has 0 spiro atoms. The van der Waals surface area contributed by atoms with E-state index in [4.69, 9.17) is 0 Å². The van der Waals surface area contributed by atoms with Crippen molar-refractivity contribution in [3.8, 4) is 5.82 Å². The number of hydrogen-bond acceptors (Lipinski definition) is 6. The third kappa shape index (κ3) is 4.24. The minimum atomic E-state index is -0.563. The highest BCUT2D eigenvalue weighted by Gasteiger charge is 2.08. The molecule has 0 unspecified atom stereocenters. The van der Waals surface area contributed by atoms with Gasteiger partial charge in [0.15, 0.2) is 0 Å². The Morgan fingerprint density at radius 2 is 1.83 bits per heavy atom. The summed E-state index contributed by atoms with van der Waals surface area (Å²) in [5.74, 6) is 1.14. The Labute approximate surface area is 165 Å². The molecule has 3 aromatic heterocycles. The number of amides is 1. The Morgan fingerprint density at radius 1 is 1.03 bits per heavy atom. The highest BCUT2D eigenvalue weighted by Crippen LogP contribution is 2.19. The van der Waals surface area contributed by atoms with Crippen LogP contribution in [0.25, 0.3) is 5.82 Å². The van der Waals surface area contributed by atoms with E-state index in [0.717, 1.165) is 23.8 Å². The second-order valence-corrected chi connectivity index (χ2v) is 6.15. The average molecular weight is 389 g/mol. The number of hydrogen-bond donors (Lipinski definition) is 2. The number of carbonyl (C=O) groups excluding carboxylic acids is 1. The number of nitrogens with one attached hydrogen (secondary N) is 2. The van der Waals surface area contributed by atoms with Gasteiger partial charge in [-0.2, -0.15) is 0 Å². The van der Waals surface area contributed by atoms with E-state index in [1.165, 1.54) is 12.5 Å². The lowest BCUT2D eigenvalue weighted by Crippen LogP contribution is -2.12. The number of rotatable bonds is 5. The molecule has 0 aliphatic heterocycles. The second kappa shape index (κ2) is 7.85. The predicted octanol–water partition coefficient (Wildman–Crippen LogP) is 3.50. The van der Waals surface area contributed by atoms with Crippen LogP contribution in [0.2, 0.25) is 0 Å². The Kier molecular flexibility index (Phi) is 4.93. The zero-order chi connectivity index (χ0) is 20.2. The molecule has 0 radical (unpaired) electrons. The van der Waals surface area contributed by atoms with E-state index in [-0.39, 0.29) is 5.56 Å². The van der Waals surface area contributed by atoms with Crippen molar-refractivity contribution >= 4 is 23.1 Å². The van der Waals surface area contributed by atoms with E-state index >= 15 is 0 Å². The van der Waals surface area contributed by atoms with Gasteiger partial charge in [-0.1, -0.05) is 0 Å². The highest BCUT2D eigenvalue weighted by atomic mass is 19.1. The zero-order valence-electron chi connectivity index (χ0n) is 15.4. The molecule has 1 amide bonds. The maximum atomic E-state index is 13.2. The van der Waals surface area contributed by atoms with Gasteiger partial charge in [-0.3, -0.25) is 14.3 Å². The van der Waals surface area contributed by atoms with E-state index in [1.807, 2.05) is 17.7 Å². The second-order valence-electron chi connectivity index (χ2n) is 6.15. The van der Waals surface area contributed by atoms with Crippen LogP contribution < -0.4 is 10.6 Å². The van der Waals surface area contributed by atoms with E-state index in [9.17, 15) is 9.18 Å². The molecule has 4 rings (SSSR count). The molecular weight excluding hydrogens is 373 g/mol. The summed E-state index contributed by atoms with van der Waals surface area (Å²) in [5, 5.41) is 5.89. The number of pyridine rings is 1. The van der Waals surface area contributed by atoms with Crippen molar-refractivity contribution in [2.24, 2.45) is 0 Å². The molecule has 8 nitrogen and oxygen atoms in total. The third-order valence-electron chi connectivity index (χ3n) is 4.11. The van der Waals surface area contributed by atoms with Crippen LogP contribution in [0.5, 0.6) is 0 Å². The van der Waals surface area contributed by atoms with Gasteiger partial charge in [0, 0.05) is 36.0 Å². The molecule has 0 aliphatic rings. The summed E-state index contributed by atoms with van der Waals surface area (Å²) in [5.41, 5.74) is 1.50. The number of carbonyl (C=O) groups is 1. The molecule has 0 saturated heterocycles. The van der Waals surface area contributed by atoms with Gasteiger partial charge in [-0.15, -0.1) is 0 Å². The van der Waals surface area contributed by atoms with Gasteiger partial charge in [-0.25, -0.2) is 19.3 Å². The summed E-state index contributed by atoms with van der Waals surface area (Å²) in [4.78, 5) is 28.5. The van der Waals surface area contributed by atoms with Gasteiger partial charge in [-0.05, 0) is 37.3 Å². The Morgan fingerprint density at radius 3 is 2.55 bits per heavy atom. The molecule has 0 atom stereocenters. The molecule has 2 N–H and O–H groups in total. The average Bonchev–Trinajstić information content (AvgIpc) is 3.16. The lowest BCUT2D eigenvalue weighted by molar-refractivity contribution is 0.102. The van der Waals surface area contributed by atoms with Crippen LogP contribution in [0.1, 0.15) is 16.2 Å². The molecule has 29 heavy (non-hydrogen) atoms. The fourth-order valence-electron chi connectivity index (χ4n) is 2.69. The van der Waals surface area contributed by atoms with Crippen LogP contribution >= 0.6 is 0 Å².